The van der Waals surface area contributed by atoms with Crippen LogP contribution < -0.4 is 4.74 Å². The monoisotopic (exact) mass is 407 g/mol. The summed E-state index contributed by atoms with van der Waals surface area (Å²) >= 11 is 0. The molecule has 0 radical (unpaired) electrons. The Morgan fingerprint density at radius 2 is 1.87 bits per heavy atom. The number of aryl methyl sites for hydroxylation is 1. The molecule has 1 heterocycles. The topological polar surface area (TPSA) is 68.5 Å². The first-order chi connectivity index (χ1) is 14.1. The van der Waals surface area contributed by atoms with E-state index in [1.165, 1.54) is 10.5 Å². The van der Waals surface area contributed by atoms with E-state index in [0.717, 1.165) is 11.1 Å². The van der Waals surface area contributed by atoms with Gasteiger partial charge in [-0.05, 0) is 43.0 Å². The molecule has 3 rings (SSSR count). The van der Waals surface area contributed by atoms with E-state index in [0.29, 0.717) is 17.5 Å². The number of benzene rings is 2. The van der Waals surface area contributed by atoms with E-state index in [1.807, 2.05) is 55.5 Å². The van der Waals surface area contributed by atoms with E-state index in [4.69, 9.17) is 9.26 Å². The van der Waals surface area contributed by atoms with Crippen LogP contribution in [0.25, 0.3) is 11.4 Å². The molecule has 6 heteroatoms. The zero-order chi connectivity index (χ0) is 21.9. The predicted octanol–water partition coefficient (Wildman–Crippen LogP) is 4.77. The van der Waals surface area contributed by atoms with Gasteiger partial charge in [0.25, 0.3) is 5.91 Å². The van der Waals surface area contributed by atoms with Crippen LogP contribution in [0.1, 0.15) is 44.7 Å². The van der Waals surface area contributed by atoms with Crippen LogP contribution in [0.5, 0.6) is 5.75 Å². The molecule has 0 unspecified atom stereocenters. The second-order valence-corrected chi connectivity index (χ2v) is 8.61. The molecule has 0 bridgehead atoms. The molecule has 1 aromatic heterocycles. The van der Waals surface area contributed by atoms with Crippen molar-refractivity contribution in [3.05, 3.63) is 65.5 Å². The van der Waals surface area contributed by atoms with Gasteiger partial charge < -0.3 is 14.2 Å². The van der Waals surface area contributed by atoms with Crippen molar-refractivity contribution >= 4 is 5.91 Å². The highest BCUT2D eigenvalue weighted by Gasteiger charge is 2.22. The quantitative estimate of drug-likeness (QED) is 0.589. The number of amides is 1. The molecule has 1 amide bonds. The highest BCUT2D eigenvalue weighted by atomic mass is 16.5. The van der Waals surface area contributed by atoms with Crippen molar-refractivity contribution in [2.75, 3.05) is 7.05 Å². The van der Waals surface area contributed by atoms with Gasteiger partial charge in [0.2, 0.25) is 11.7 Å². The Labute approximate surface area is 177 Å². The van der Waals surface area contributed by atoms with E-state index in [1.54, 1.807) is 14.0 Å². The van der Waals surface area contributed by atoms with Crippen molar-refractivity contribution in [3.8, 4) is 17.1 Å². The Kier molecular flexibility index (Phi) is 6.25. The first-order valence-corrected chi connectivity index (χ1v) is 10.1. The fourth-order valence-electron chi connectivity index (χ4n) is 3.10. The van der Waals surface area contributed by atoms with Crippen LogP contribution >= 0.6 is 0 Å². The number of ether oxygens (including phenoxy) is 1. The van der Waals surface area contributed by atoms with Crippen LogP contribution in [-0.4, -0.2) is 34.1 Å². The summed E-state index contributed by atoms with van der Waals surface area (Å²) in [6.45, 7) is 10.4. The number of carbonyl (C=O) groups excluding carboxylic acids is 1. The van der Waals surface area contributed by atoms with Gasteiger partial charge in [-0.15, -0.1) is 0 Å². The maximum Gasteiger partial charge on any atom is 0.263 e. The molecule has 0 aliphatic rings. The summed E-state index contributed by atoms with van der Waals surface area (Å²) in [5.74, 6) is 1.39. The predicted molar refractivity (Wildman–Crippen MR) is 116 cm³/mol. The second-order valence-electron chi connectivity index (χ2n) is 8.61. The molecule has 3 aromatic rings. The molecule has 30 heavy (non-hydrogen) atoms. The Morgan fingerprint density at radius 1 is 1.17 bits per heavy atom. The zero-order valence-corrected chi connectivity index (χ0v) is 18.5. The van der Waals surface area contributed by atoms with Gasteiger partial charge >= 0.3 is 0 Å². The Hall–Kier alpha value is -3.15. The van der Waals surface area contributed by atoms with Gasteiger partial charge in [0.05, 0.1) is 6.54 Å². The van der Waals surface area contributed by atoms with Crippen LogP contribution in [0, 0.1) is 6.92 Å². The van der Waals surface area contributed by atoms with Gasteiger partial charge in [0.1, 0.15) is 5.75 Å². The Bertz CT molecular complexity index is 1000. The summed E-state index contributed by atoms with van der Waals surface area (Å²) < 4.78 is 11.2. The summed E-state index contributed by atoms with van der Waals surface area (Å²) in [6.07, 6.45) is -0.630. The first-order valence-electron chi connectivity index (χ1n) is 10.1. The van der Waals surface area contributed by atoms with Crippen molar-refractivity contribution in [1.29, 1.82) is 0 Å². The number of likely N-dealkylation sites (N-methyl/N-ethyl adjacent to an activating group) is 1. The summed E-state index contributed by atoms with van der Waals surface area (Å²) in [5.41, 5.74) is 3.29. The lowest BCUT2D eigenvalue weighted by Gasteiger charge is -2.22. The van der Waals surface area contributed by atoms with E-state index in [-0.39, 0.29) is 17.9 Å². The van der Waals surface area contributed by atoms with Gasteiger partial charge in [-0.25, -0.2) is 0 Å². The highest BCUT2D eigenvalue weighted by Crippen LogP contribution is 2.25. The van der Waals surface area contributed by atoms with Crippen molar-refractivity contribution in [2.45, 2.75) is 52.7 Å². The summed E-state index contributed by atoms with van der Waals surface area (Å²) in [5, 5.41) is 4.03. The third kappa shape index (κ3) is 5.26. The number of carbonyl (C=O) groups is 1. The number of rotatable bonds is 6. The summed E-state index contributed by atoms with van der Waals surface area (Å²) in [7, 11) is 1.70. The molecule has 0 fully saturated rings. The molecule has 0 saturated carbocycles. The largest absolute Gasteiger partial charge is 0.481 e. The minimum atomic E-state index is -0.630. The number of nitrogens with zero attached hydrogens (tertiary/aromatic N) is 3. The minimum absolute atomic E-state index is 0.0710. The van der Waals surface area contributed by atoms with Crippen molar-refractivity contribution in [3.63, 3.8) is 0 Å². The third-order valence-corrected chi connectivity index (χ3v) is 4.87. The van der Waals surface area contributed by atoms with E-state index < -0.39 is 6.10 Å². The van der Waals surface area contributed by atoms with Crippen LogP contribution in [0.3, 0.4) is 0 Å². The van der Waals surface area contributed by atoms with Gasteiger partial charge in [0, 0.05) is 12.6 Å². The molecule has 158 valence electrons. The Balaban J connectivity index is 1.60. The van der Waals surface area contributed by atoms with E-state index in [9.17, 15) is 4.79 Å². The lowest BCUT2D eigenvalue weighted by molar-refractivity contribution is -0.137. The Morgan fingerprint density at radius 3 is 2.50 bits per heavy atom. The molecule has 6 nitrogen and oxygen atoms in total. The van der Waals surface area contributed by atoms with Crippen LogP contribution in [0.2, 0.25) is 0 Å². The molecular formula is C24H29N3O3. The summed E-state index contributed by atoms with van der Waals surface area (Å²) in [6, 6.07) is 15.7. The average molecular weight is 408 g/mol. The zero-order valence-electron chi connectivity index (χ0n) is 18.5. The number of hydrogen-bond acceptors (Lipinski definition) is 5. The standard InChI is InChI=1S/C24H29N3O3/c1-16-8-7-9-18(14-16)22-25-21(30-26-22)15-27(6)23(28)17(2)29-20-12-10-19(11-13-20)24(3,4)5/h7-14,17H,15H2,1-6H3/t17-/m1/s1. The average Bonchev–Trinajstić information content (AvgIpc) is 3.15. The van der Waals surface area contributed by atoms with Crippen molar-refractivity contribution < 1.29 is 14.1 Å². The first kappa shape index (κ1) is 21.6. The maximum atomic E-state index is 12.7. The fraction of sp³-hybridized carbons (Fsp3) is 0.375. The lowest BCUT2D eigenvalue weighted by atomic mass is 9.87. The van der Waals surface area contributed by atoms with E-state index in [2.05, 4.69) is 30.9 Å². The third-order valence-electron chi connectivity index (χ3n) is 4.87. The molecule has 0 spiro atoms. The number of hydrogen-bond donors (Lipinski definition) is 0. The molecule has 0 aliphatic carbocycles. The normalized spacial score (nSPS) is 12.5. The molecule has 1 atom stereocenters. The van der Waals surface area contributed by atoms with Crippen molar-refractivity contribution in [1.82, 2.24) is 15.0 Å². The highest BCUT2D eigenvalue weighted by molar-refractivity contribution is 5.80. The fourth-order valence-corrected chi connectivity index (χ4v) is 3.10. The van der Waals surface area contributed by atoms with E-state index >= 15 is 0 Å². The smallest absolute Gasteiger partial charge is 0.263 e. The lowest BCUT2D eigenvalue weighted by Crippen LogP contribution is -2.37. The molecule has 0 aliphatic heterocycles. The van der Waals surface area contributed by atoms with Crippen LogP contribution in [-0.2, 0) is 16.8 Å². The molecular weight excluding hydrogens is 378 g/mol. The van der Waals surface area contributed by atoms with Gasteiger partial charge in [-0.2, -0.15) is 4.98 Å². The van der Waals surface area contributed by atoms with Crippen LogP contribution in [0.15, 0.2) is 53.1 Å². The summed E-state index contributed by atoms with van der Waals surface area (Å²) in [4.78, 5) is 18.6. The number of aromatic nitrogens is 2. The SMILES string of the molecule is Cc1cccc(-c2noc(CN(C)C(=O)[C@@H](C)Oc3ccc(C(C)(C)C)cc3)n2)c1. The maximum absolute atomic E-state index is 12.7. The second kappa shape index (κ2) is 8.69. The van der Waals surface area contributed by atoms with Crippen LogP contribution in [0.4, 0.5) is 0 Å². The molecule has 0 saturated heterocycles. The van der Waals surface area contributed by atoms with Crippen molar-refractivity contribution in [2.24, 2.45) is 0 Å². The van der Waals surface area contributed by atoms with Gasteiger partial charge in [-0.1, -0.05) is 61.8 Å². The molecule has 2 aromatic carbocycles. The van der Waals surface area contributed by atoms with Gasteiger partial charge in [0.15, 0.2) is 6.10 Å². The molecule has 0 N–H and O–H groups in total. The van der Waals surface area contributed by atoms with Gasteiger partial charge in [-0.3, -0.25) is 4.79 Å². The minimum Gasteiger partial charge on any atom is -0.481 e.